The summed E-state index contributed by atoms with van der Waals surface area (Å²) in [5, 5.41) is 13.5. The SMILES string of the molecule is Cc1ccc([S+](C(C)C)C(C)C)c2cc(O)ccc12. The number of hydrogen-bond donors (Lipinski definition) is 1. The Bertz CT molecular complexity index is 579. The van der Waals surface area contributed by atoms with Gasteiger partial charge in [-0.3, -0.25) is 0 Å². The highest BCUT2D eigenvalue weighted by Gasteiger charge is 2.31. The van der Waals surface area contributed by atoms with Crippen molar-refractivity contribution in [3.05, 3.63) is 35.9 Å². The molecule has 2 rings (SSSR count). The molecule has 0 bridgehead atoms. The van der Waals surface area contributed by atoms with E-state index in [1.807, 2.05) is 12.1 Å². The fraction of sp³-hybridized carbons (Fsp3) is 0.412. The molecule has 2 heteroatoms. The van der Waals surface area contributed by atoms with E-state index in [1.165, 1.54) is 21.2 Å². The van der Waals surface area contributed by atoms with Gasteiger partial charge in [0.25, 0.3) is 0 Å². The molecule has 0 aliphatic carbocycles. The maximum atomic E-state index is 9.81. The minimum Gasteiger partial charge on any atom is -0.508 e. The van der Waals surface area contributed by atoms with Crippen LogP contribution in [0.2, 0.25) is 0 Å². The summed E-state index contributed by atoms with van der Waals surface area (Å²) in [5.74, 6) is 0.357. The van der Waals surface area contributed by atoms with Crippen molar-refractivity contribution < 1.29 is 5.11 Å². The van der Waals surface area contributed by atoms with Crippen LogP contribution >= 0.6 is 0 Å². The van der Waals surface area contributed by atoms with E-state index in [0.717, 1.165) is 0 Å². The van der Waals surface area contributed by atoms with Gasteiger partial charge in [-0.1, -0.05) is 12.1 Å². The molecule has 0 unspecified atom stereocenters. The van der Waals surface area contributed by atoms with E-state index >= 15 is 0 Å². The van der Waals surface area contributed by atoms with E-state index in [-0.39, 0.29) is 10.9 Å². The smallest absolute Gasteiger partial charge is 0.163 e. The number of rotatable bonds is 3. The van der Waals surface area contributed by atoms with Crippen LogP contribution in [0.5, 0.6) is 5.75 Å². The van der Waals surface area contributed by atoms with Crippen molar-refractivity contribution in [3.63, 3.8) is 0 Å². The van der Waals surface area contributed by atoms with Crippen LogP contribution < -0.4 is 0 Å². The molecule has 19 heavy (non-hydrogen) atoms. The Morgan fingerprint density at radius 1 is 0.895 bits per heavy atom. The lowest BCUT2D eigenvalue weighted by molar-refractivity contribution is 0.476. The van der Waals surface area contributed by atoms with E-state index in [0.29, 0.717) is 16.2 Å². The van der Waals surface area contributed by atoms with Crippen molar-refractivity contribution in [1.82, 2.24) is 0 Å². The average Bonchev–Trinajstić information content (AvgIpc) is 2.31. The highest BCUT2D eigenvalue weighted by atomic mass is 32.2. The highest BCUT2D eigenvalue weighted by Crippen LogP contribution is 2.33. The molecule has 1 nitrogen and oxygen atoms in total. The van der Waals surface area contributed by atoms with Gasteiger partial charge in [-0.2, -0.15) is 0 Å². The Balaban J connectivity index is 2.72. The van der Waals surface area contributed by atoms with Crippen molar-refractivity contribution in [2.75, 3.05) is 0 Å². The number of benzene rings is 2. The zero-order valence-electron chi connectivity index (χ0n) is 12.4. The van der Waals surface area contributed by atoms with E-state index < -0.39 is 0 Å². The Morgan fingerprint density at radius 3 is 2.11 bits per heavy atom. The quantitative estimate of drug-likeness (QED) is 0.809. The van der Waals surface area contributed by atoms with Gasteiger partial charge in [-0.05, 0) is 63.8 Å². The fourth-order valence-corrected chi connectivity index (χ4v) is 5.47. The number of aromatic hydroxyl groups is 1. The Labute approximate surface area is 119 Å². The van der Waals surface area contributed by atoms with Gasteiger partial charge >= 0.3 is 0 Å². The molecule has 0 fully saturated rings. The van der Waals surface area contributed by atoms with Crippen LogP contribution in [0.4, 0.5) is 0 Å². The lowest BCUT2D eigenvalue weighted by Gasteiger charge is -2.18. The molecule has 0 heterocycles. The van der Waals surface area contributed by atoms with Crippen molar-refractivity contribution in [2.24, 2.45) is 0 Å². The standard InChI is InChI=1S/C17H22OS/c1-11(2)19(12(3)4)17-9-6-13(5)15-8-7-14(18)10-16(15)17/h6-12H,1-5H3/p+1. The first-order valence-corrected chi connectivity index (χ1v) is 8.21. The van der Waals surface area contributed by atoms with E-state index in [1.54, 1.807) is 6.07 Å². The Morgan fingerprint density at radius 2 is 1.53 bits per heavy atom. The highest BCUT2D eigenvalue weighted by molar-refractivity contribution is 7.98. The zero-order valence-corrected chi connectivity index (χ0v) is 13.2. The number of aryl methyl sites for hydroxylation is 1. The maximum absolute atomic E-state index is 9.81. The second-order valence-electron chi connectivity index (χ2n) is 5.58. The van der Waals surface area contributed by atoms with E-state index in [9.17, 15) is 5.11 Å². The number of fused-ring (bicyclic) bond motifs is 1. The van der Waals surface area contributed by atoms with E-state index in [4.69, 9.17) is 0 Å². The van der Waals surface area contributed by atoms with Gasteiger partial charge in [0, 0.05) is 16.3 Å². The third-order valence-corrected chi connectivity index (χ3v) is 6.34. The van der Waals surface area contributed by atoms with Crippen LogP contribution in [0.1, 0.15) is 33.3 Å². The van der Waals surface area contributed by atoms with Gasteiger partial charge in [0.1, 0.15) is 16.2 Å². The Hall–Kier alpha value is -1.15. The van der Waals surface area contributed by atoms with Crippen molar-refractivity contribution in [3.8, 4) is 5.75 Å². The number of phenolic OH excluding ortho intramolecular Hbond substituents is 1. The van der Waals surface area contributed by atoms with E-state index in [2.05, 4.69) is 46.8 Å². The van der Waals surface area contributed by atoms with Gasteiger partial charge in [-0.15, -0.1) is 0 Å². The molecular formula is C17H23OS+. The maximum Gasteiger partial charge on any atom is 0.163 e. The first-order chi connectivity index (χ1) is 8.91. The summed E-state index contributed by atoms with van der Waals surface area (Å²) in [6, 6.07) is 10.2. The molecule has 102 valence electrons. The summed E-state index contributed by atoms with van der Waals surface area (Å²) in [7, 11) is 0.206. The minimum atomic E-state index is 0.206. The first-order valence-electron chi connectivity index (χ1n) is 6.86. The molecule has 2 aromatic carbocycles. The molecule has 0 aromatic heterocycles. The molecule has 0 spiro atoms. The van der Waals surface area contributed by atoms with Crippen LogP contribution in [-0.4, -0.2) is 15.6 Å². The fourth-order valence-electron chi connectivity index (χ4n) is 2.72. The summed E-state index contributed by atoms with van der Waals surface area (Å²) in [6.07, 6.45) is 0. The van der Waals surface area contributed by atoms with Gasteiger partial charge in [0.05, 0.1) is 0 Å². The van der Waals surface area contributed by atoms with Gasteiger partial charge in [0.15, 0.2) is 4.90 Å². The third-order valence-electron chi connectivity index (χ3n) is 3.45. The zero-order chi connectivity index (χ0) is 14.2. The van der Waals surface area contributed by atoms with Gasteiger partial charge in [0.2, 0.25) is 0 Å². The number of hydrogen-bond acceptors (Lipinski definition) is 1. The molecular weight excluding hydrogens is 252 g/mol. The average molecular weight is 275 g/mol. The second kappa shape index (κ2) is 5.46. The first kappa shape index (κ1) is 14.3. The largest absolute Gasteiger partial charge is 0.508 e. The summed E-state index contributed by atoms with van der Waals surface area (Å²) in [5.41, 5.74) is 1.27. The molecule has 0 radical (unpaired) electrons. The molecule has 1 N–H and O–H groups in total. The summed E-state index contributed by atoms with van der Waals surface area (Å²) in [4.78, 5) is 1.39. The predicted octanol–water partition coefficient (Wildman–Crippen LogP) is 4.65. The summed E-state index contributed by atoms with van der Waals surface area (Å²) in [6.45, 7) is 11.3. The molecule has 0 atom stereocenters. The predicted molar refractivity (Wildman–Crippen MR) is 86.3 cm³/mol. The molecule has 0 saturated heterocycles. The molecule has 0 aliphatic heterocycles. The van der Waals surface area contributed by atoms with Crippen LogP contribution in [-0.2, 0) is 10.9 Å². The van der Waals surface area contributed by atoms with Crippen LogP contribution in [0.25, 0.3) is 10.8 Å². The van der Waals surface area contributed by atoms with Crippen LogP contribution in [0, 0.1) is 6.92 Å². The van der Waals surface area contributed by atoms with Crippen molar-refractivity contribution in [2.45, 2.75) is 50.0 Å². The monoisotopic (exact) mass is 275 g/mol. The Kier molecular flexibility index (Phi) is 4.10. The molecule has 0 aliphatic rings. The van der Waals surface area contributed by atoms with Gasteiger partial charge in [-0.25, -0.2) is 0 Å². The molecule has 0 saturated carbocycles. The lowest BCUT2D eigenvalue weighted by atomic mass is 10.1. The molecule has 2 aromatic rings. The van der Waals surface area contributed by atoms with Crippen LogP contribution in [0.3, 0.4) is 0 Å². The topological polar surface area (TPSA) is 20.2 Å². The minimum absolute atomic E-state index is 0.206. The summed E-state index contributed by atoms with van der Waals surface area (Å²) >= 11 is 0. The second-order valence-corrected chi connectivity index (χ2v) is 8.65. The van der Waals surface area contributed by atoms with Crippen molar-refractivity contribution in [1.29, 1.82) is 0 Å². The van der Waals surface area contributed by atoms with Crippen molar-refractivity contribution >= 4 is 21.7 Å². The van der Waals surface area contributed by atoms with Crippen LogP contribution in [0.15, 0.2) is 35.2 Å². The van der Waals surface area contributed by atoms with Gasteiger partial charge < -0.3 is 5.11 Å². The lowest BCUT2D eigenvalue weighted by Crippen LogP contribution is -2.24. The normalized spacial score (nSPS) is 12.0. The summed E-state index contributed by atoms with van der Waals surface area (Å²) < 4.78 is 0. The third kappa shape index (κ3) is 2.74. The molecule has 0 amide bonds. The number of phenols is 1.